The Morgan fingerprint density at radius 2 is 2.10 bits per heavy atom. The molecule has 1 heterocycles. The van der Waals surface area contributed by atoms with Gasteiger partial charge in [-0.15, -0.1) is 0 Å². The molecule has 1 saturated carbocycles. The van der Waals surface area contributed by atoms with Gasteiger partial charge in [-0.05, 0) is 37.8 Å². The summed E-state index contributed by atoms with van der Waals surface area (Å²) in [6.07, 6.45) is 4.74. The van der Waals surface area contributed by atoms with Crippen LogP contribution < -0.4 is 15.4 Å². The first kappa shape index (κ1) is 13.9. The zero-order valence-electron chi connectivity index (χ0n) is 12.1. The van der Waals surface area contributed by atoms with E-state index < -0.39 is 11.5 Å². The van der Waals surface area contributed by atoms with Gasteiger partial charge in [0.2, 0.25) is 0 Å². The molecule has 2 aliphatic rings. The Kier molecular flexibility index (Phi) is 3.57. The zero-order chi connectivity index (χ0) is 14.9. The van der Waals surface area contributed by atoms with Crippen LogP contribution in [0, 0.1) is 5.92 Å². The Labute approximate surface area is 124 Å². The zero-order valence-corrected chi connectivity index (χ0v) is 12.1. The fourth-order valence-electron chi connectivity index (χ4n) is 2.94. The Balaban J connectivity index is 1.70. The summed E-state index contributed by atoms with van der Waals surface area (Å²) < 4.78 is 5.68. The van der Waals surface area contributed by atoms with E-state index in [4.69, 9.17) is 4.74 Å². The van der Waals surface area contributed by atoms with Gasteiger partial charge in [-0.25, -0.2) is 0 Å². The first-order chi connectivity index (χ1) is 10.1. The van der Waals surface area contributed by atoms with Crippen LogP contribution in [0.15, 0.2) is 24.3 Å². The number of rotatable bonds is 3. The summed E-state index contributed by atoms with van der Waals surface area (Å²) in [5.41, 5.74) is -0.906. The van der Waals surface area contributed by atoms with E-state index in [9.17, 15) is 9.59 Å². The molecule has 5 heteroatoms. The average Bonchev–Trinajstić information content (AvgIpc) is 2.99. The molecule has 2 amide bonds. The Bertz CT molecular complexity index is 566. The van der Waals surface area contributed by atoms with Gasteiger partial charge in [-0.1, -0.05) is 25.0 Å². The molecule has 0 bridgehead atoms. The van der Waals surface area contributed by atoms with E-state index in [1.165, 1.54) is 19.8 Å². The summed E-state index contributed by atoms with van der Waals surface area (Å²) in [4.78, 5) is 24.6. The smallest absolute Gasteiger partial charge is 0.278 e. The van der Waals surface area contributed by atoms with Gasteiger partial charge in [0.15, 0.2) is 0 Å². The van der Waals surface area contributed by atoms with Crippen LogP contribution >= 0.6 is 0 Å². The van der Waals surface area contributed by atoms with E-state index in [2.05, 4.69) is 10.6 Å². The lowest BCUT2D eigenvalue weighted by Gasteiger charge is -2.33. The third-order valence-electron chi connectivity index (χ3n) is 4.34. The van der Waals surface area contributed by atoms with Crippen LogP contribution in [0.1, 0.15) is 32.6 Å². The highest BCUT2D eigenvalue weighted by Gasteiger charge is 2.47. The summed E-state index contributed by atoms with van der Waals surface area (Å²) in [5.74, 6) is 0.249. The molecule has 0 radical (unpaired) electrons. The second kappa shape index (κ2) is 5.39. The van der Waals surface area contributed by atoms with Crippen LogP contribution in [0.4, 0.5) is 5.69 Å². The Morgan fingerprint density at radius 3 is 2.86 bits per heavy atom. The Morgan fingerprint density at radius 1 is 1.38 bits per heavy atom. The second-order valence-electron chi connectivity index (χ2n) is 5.95. The lowest BCUT2D eigenvalue weighted by atomic mass is 10.0. The molecule has 2 N–H and O–H groups in total. The van der Waals surface area contributed by atoms with Crippen LogP contribution in [0.3, 0.4) is 0 Å². The van der Waals surface area contributed by atoms with Gasteiger partial charge in [-0.2, -0.15) is 0 Å². The van der Waals surface area contributed by atoms with Crippen LogP contribution in [-0.4, -0.2) is 24.0 Å². The van der Waals surface area contributed by atoms with Crippen LogP contribution in [-0.2, 0) is 9.59 Å². The molecule has 1 atom stereocenters. The number of hydrogen-bond acceptors (Lipinski definition) is 3. The fraction of sp³-hybridized carbons (Fsp3) is 0.500. The molecular weight excluding hydrogens is 268 g/mol. The standard InChI is InChI=1S/C16H20N2O3/c1-16(14(19)17-10-11-6-2-3-7-11)15(20)18-12-8-4-5-9-13(12)21-16/h4-5,8-9,11H,2-3,6-7,10H2,1H3,(H,17,19)(H,18,20)/t16-/m1/s1. The van der Waals surface area contributed by atoms with Crippen molar-refractivity contribution in [1.82, 2.24) is 5.32 Å². The van der Waals surface area contributed by atoms with Gasteiger partial charge in [0.05, 0.1) is 5.69 Å². The van der Waals surface area contributed by atoms with Crippen molar-refractivity contribution in [1.29, 1.82) is 0 Å². The molecule has 112 valence electrons. The van der Waals surface area contributed by atoms with E-state index in [0.29, 0.717) is 23.9 Å². The molecule has 1 aromatic carbocycles. The first-order valence-electron chi connectivity index (χ1n) is 7.47. The minimum atomic E-state index is -1.51. The number of anilines is 1. The van der Waals surface area contributed by atoms with Crippen molar-refractivity contribution in [2.45, 2.75) is 38.2 Å². The van der Waals surface area contributed by atoms with Crippen molar-refractivity contribution in [2.75, 3.05) is 11.9 Å². The minimum Gasteiger partial charge on any atom is -0.466 e. The molecule has 1 aliphatic heterocycles. The lowest BCUT2D eigenvalue weighted by Crippen LogP contribution is -2.59. The third kappa shape index (κ3) is 2.60. The minimum absolute atomic E-state index is 0.374. The fourth-order valence-corrected chi connectivity index (χ4v) is 2.94. The normalized spacial score (nSPS) is 24.9. The van der Waals surface area contributed by atoms with Crippen molar-refractivity contribution < 1.29 is 14.3 Å². The molecule has 5 nitrogen and oxygen atoms in total. The van der Waals surface area contributed by atoms with E-state index in [0.717, 1.165) is 12.8 Å². The highest BCUT2D eigenvalue weighted by Crippen LogP contribution is 2.33. The van der Waals surface area contributed by atoms with Crippen molar-refractivity contribution in [2.24, 2.45) is 5.92 Å². The van der Waals surface area contributed by atoms with E-state index in [1.54, 1.807) is 12.1 Å². The maximum absolute atomic E-state index is 12.4. The number of ether oxygens (including phenoxy) is 1. The molecule has 0 aromatic heterocycles. The number of para-hydroxylation sites is 2. The average molecular weight is 288 g/mol. The van der Waals surface area contributed by atoms with Crippen LogP contribution in [0.2, 0.25) is 0 Å². The summed E-state index contributed by atoms with van der Waals surface area (Å²) >= 11 is 0. The predicted octanol–water partition coefficient (Wildman–Crippen LogP) is 2.08. The van der Waals surface area contributed by atoms with E-state index in [-0.39, 0.29) is 5.91 Å². The number of fused-ring (bicyclic) bond motifs is 1. The number of hydrogen-bond donors (Lipinski definition) is 2. The van der Waals surface area contributed by atoms with Crippen molar-refractivity contribution in [3.05, 3.63) is 24.3 Å². The maximum Gasteiger partial charge on any atom is 0.278 e. The monoisotopic (exact) mass is 288 g/mol. The van der Waals surface area contributed by atoms with E-state index in [1.807, 2.05) is 12.1 Å². The first-order valence-corrected chi connectivity index (χ1v) is 7.47. The molecule has 1 aliphatic carbocycles. The van der Waals surface area contributed by atoms with Crippen LogP contribution in [0.5, 0.6) is 5.75 Å². The highest BCUT2D eigenvalue weighted by atomic mass is 16.5. The van der Waals surface area contributed by atoms with Crippen molar-refractivity contribution in [3.63, 3.8) is 0 Å². The van der Waals surface area contributed by atoms with E-state index >= 15 is 0 Å². The molecule has 0 spiro atoms. The molecule has 21 heavy (non-hydrogen) atoms. The third-order valence-corrected chi connectivity index (χ3v) is 4.34. The number of benzene rings is 1. The highest BCUT2D eigenvalue weighted by molar-refractivity contribution is 6.15. The SMILES string of the molecule is C[C@]1(C(=O)NCC2CCCC2)Oc2ccccc2NC1=O. The molecular formula is C16H20N2O3. The predicted molar refractivity (Wildman–Crippen MR) is 79.1 cm³/mol. The number of carbonyl (C=O) groups is 2. The Hall–Kier alpha value is -2.04. The van der Waals surface area contributed by atoms with Crippen LogP contribution in [0.25, 0.3) is 0 Å². The largest absolute Gasteiger partial charge is 0.466 e. The molecule has 0 unspecified atom stereocenters. The molecule has 3 rings (SSSR count). The second-order valence-corrected chi connectivity index (χ2v) is 5.95. The molecule has 0 saturated heterocycles. The summed E-state index contributed by atoms with van der Waals surface area (Å²) in [7, 11) is 0. The van der Waals surface area contributed by atoms with Crippen molar-refractivity contribution >= 4 is 17.5 Å². The van der Waals surface area contributed by atoms with Gasteiger partial charge in [0, 0.05) is 6.54 Å². The number of nitrogens with one attached hydrogen (secondary N) is 2. The molecule has 1 fully saturated rings. The quantitative estimate of drug-likeness (QED) is 0.837. The van der Waals surface area contributed by atoms with Gasteiger partial charge < -0.3 is 15.4 Å². The maximum atomic E-state index is 12.4. The summed E-state index contributed by atoms with van der Waals surface area (Å²) in [6.45, 7) is 2.13. The molecule has 1 aromatic rings. The lowest BCUT2D eigenvalue weighted by molar-refractivity contribution is -0.146. The van der Waals surface area contributed by atoms with Gasteiger partial charge >= 0.3 is 0 Å². The van der Waals surface area contributed by atoms with Gasteiger partial charge in [0.1, 0.15) is 5.75 Å². The van der Waals surface area contributed by atoms with Crippen molar-refractivity contribution in [3.8, 4) is 5.75 Å². The number of carbonyl (C=O) groups excluding carboxylic acids is 2. The topological polar surface area (TPSA) is 67.4 Å². The summed E-state index contributed by atoms with van der Waals surface area (Å²) in [5, 5.41) is 5.61. The number of amides is 2. The summed E-state index contributed by atoms with van der Waals surface area (Å²) in [6, 6.07) is 7.12. The van der Waals surface area contributed by atoms with Gasteiger partial charge in [0.25, 0.3) is 17.4 Å². The van der Waals surface area contributed by atoms with Gasteiger partial charge in [-0.3, -0.25) is 9.59 Å².